The average Bonchev–Trinajstić information content (AvgIpc) is 2.56. The second-order valence-electron chi connectivity index (χ2n) is 6.41. The maximum Gasteiger partial charge on any atom is 0.296 e. The molecule has 3 rings (SSSR count). The Morgan fingerprint density at radius 2 is 1.68 bits per heavy atom. The number of benzene rings is 2. The van der Waals surface area contributed by atoms with Gasteiger partial charge in [0.25, 0.3) is 10.2 Å². The zero-order valence-corrected chi connectivity index (χ0v) is 14.9. The Bertz CT molecular complexity index is 788. The lowest BCUT2D eigenvalue weighted by molar-refractivity contribution is 0.211. The van der Waals surface area contributed by atoms with Crippen LogP contribution in [0.3, 0.4) is 0 Å². The highest BCUT2D eigenvalue weighted by Crippen LogP contribution is 2.21. The summed E-state index contributed by atoms with van der Waals surface area (Å²) in [4.78, 5) is 2.46. The minimum Gasteiger partial charge on any atom is -0.382 e. The standard InChI is InChI=1S/C18H24N4O2S/c19-25(23,24)21-18-8-4-7-17(13-18)20-16-9-11-22(12-10-16)14-15-5-2-1-3-6-15/h1-8,13,16,20-21H,9-12,14H2,(H2,19,23,24). The van der Waals surface area contributed by atoms with Crippen molar-refractivity contribution in [2.75, 3.05) is 23.1 Å². The quantitative estimate of drug-likeness (QED) is 0.738. The third kappa shape index (κ3) is 5.74. The number of nitrogens with two attached hydrogens (primary N) is 1. The van der Waals surface area contributed by atoms with Crippen molar-refractivity contribution in [2.45, 2.75) is 25.4 Å². The molecule has 1 saturated heterocycles. The van der Waals surface area contributed by atoms with Crippen LogP contribution in [0.1, 0.15) is 18.4 Å². The van der Waals surface area contributed by atoms with E-state index in [0.717, 1.165) is 38.2 Å². The van der Waals surface area contributed by atoms with Gasteiger partial charge in [0.15, 0.2) is 0 Å². The Morgan fingerprint density at radius 3 is 2.36 bits per heavy atom. The number of hydrogen-bond donors (Lipinski definition) is 3. The molecular weight excluding hydrogens is 336 g/mol. The molecule has 0 bridgehead atoms. The van der Waals surface area contributed by atoms with Gasteiger partial charge in [0.1, 0.15) is 0 Å². The number of hydrogen-bond acceptors (Lipinski definition) is 4. The van der Waals surface area contributed by atoms with Crippen LogP contribution in [-0.4, -0.2) is 32.4 Å². The summed E-state index contributed by atoms with van der Waals surface area (Å²) in [5.41, 5.74) is 2.71. The summed E-state index contributed by atoms with van der Waals surface area (Å²) >= 11 is 0. The molecule has 0 unspecified atom stereocenters. The van der Waals surface area contributed by atoms with Gasteiger partial charge in [-0.3, -0.25) is 9.62 Å². The molecule has 2 aromatic carbocycles. The van der Waals surface area contributed by atoms with Crippen LogP contribution in [-0.2, 0) is 16.8 Å². The molecule has 0 spiro atoms. The molecule has 1 aliphatic rings. The number of piperidine rings is 1. The molecule has 0 radical (unpaired) electrons. The number of rotatable bonds is 6. The van der Waals surface area contributed by atoms with Crippen LogP contribution in [0.15, 0.2) is 54.6 Å². The molecular formula is C18H24N4O2S. The first-order valence-electron chi connectivity index (χ1n) is 8.41. The van der Waals surface area contributed by atoms with Crippen molar-refractivity contribution in [1.29, 1.82) is 0 Å². The van der Waals surface area contributed by atoms with Crippen molar-refractivity contribution in [3.8, 4) is 0 Å². The van der Waals surface area contributed by atoms with Crippen LogP contribution in [0.4, 0.5) is 11.4 Å². The molecule has 1 aliphatic heterocycles. The normalized spacial score (nSPS) is 16.5. The SMILES string of the molecule is NS(=O)(=O)Nc1cccc(NC2CCN(Cc3ccccc3)CC2)c1. The first-order chi connectivity index (χ1) is 12.0. The van der Waals surface area contributed by atoms with Crippen molar-refractivity contribution in [3.05, 3.63) is 60.2 Å². The van der Waals surface area contributed by atoms with Gasteiger partial charge in [0, 0.05) is 31.4 Å². The van der Waals surface area contributed by atoms with Gasteiger partial charge < -0.3 is 5.32 Å². The zero-order chi connectivity index (χ0) is 17.7. The van der Waals surface area contributed by atoms with Crippen molar-refractivity contribution >= 4 is 21.6 Å². The molecule has 1 heterocycles. The van der Waals surface area contributed by atoms with Crippen molar-refractivity contribution in [2.24, 2.45) is 5.14 Å². The van der Waals surface area contributed by atoms with Gasteiger partial charge in [0.05, 0.1) is 5.69 Å². The smallest absolute Gasteiger partial charge is 0.296 e. The summed E-state index contributed by atoms with van der Waals surface area (Å²) in [6, 6.07) is 18.1. The second-order valence-corrected chi connectivity index (χ2v) is 7.70. The number of nitrogens with zero attached hydrogens (tertiary/aromatic N) is 1. The molecule has 0 amide bonds. The number of likely N-dealkylation sites (tertiary alicyclic amines) is 1. The molecule has 134 valence electrons. The minimum absolute atomic E-state index is 0.386. The van der Waals surface area contributed by atoms with E-state index in [1.807, 2.05) is 12.1 Å². The molecule has 4 N–H and O–H groups in total. The van der Waals surface area contributed by atoms with Crippen LogP contribution in [0.5, 0.6) is 0 Å². The van der Waals surface area contributed by atoms with E-state index in [0.29, 0.717) is 11.7 Å². The molecule has 0 saturated carbocycles. The van der Waals surface area contributed by atoms with Crippen LogP contribution < -0.4 is 15.2 Å². The fourth-order valence-electron chi connectivity index (χ4n) is 3.15. The molecule has 25 heavy (non-hydrogen) atoms. The largest absolute Gasteiger partial charge is 0.382 e. The third-order valence-electron chi connectivity index (χ3n) is 4.33. The molecule has 0 aromatic heterocycles. The van der Waals surface area contributed by atoms with E-state index in [1.165, 1.54) is 5.56 Å². The number of nitrogens with one attached hydrogen (secondary N) is 2. The summed E-state index contributed by atoms with van der Waals surface area (Å²) in [5.74, 6) is 0. The topological polar surface area (TPSA) is 87.5 Å². The van der Waals surface area contributed by atoms with E-state index < -0.39 is 10.2 Å². The third-order valence-corrected chi connectivity index (χ3v) is 4.85. The Kier molecular flexibility index (Phi) is 5.57. The Labute approximate surface area is 149 Å². The lowest BCUT2D eigenvalue weighted by atomic mass is 10.0. The summed E-state index contributed by atoms with van der Waals surface area (Å²) in [7, 11) is -3.75. The monoisotopic (exact) mass is 360 g/mol. The average molecular weight is 360 g/mol. The van der Waals surface area contributed by atoms with Gasteiger partial charge in [-0.2, -0.15) is 8.42 Å². The fraction of sp³-hybridized carbons (Fsp3) is 0.333. The molecule has 1 fully saturated rings. The highest BCUT2D eigenvalue weighted by atomic mass is 32.2. The Morgan fingerprint density at radius 1 is 1.00 bits per heavy atom. The highest BCUT2D eigenvalue weighted by molar-refractivity contribution is 7.90. The minimum atomic E-state index is -3.75. The van der Waals surface area contributed by atoms with Crippen LogP contribution in [0, 0.1) is 0 Å². The maximum absolute atomic E-state index is 11.1. The van der Waals surface area contributed by atoms with E-state index in [1.54, 1.807) is 18.2 Å². The van der Waals surface area contributed by atoms with E-state index in [-0.39, 0.29) is 0 Å². The van der Waals surface area contributed by atoms with Gasteiger partial charge in [0.2, 0.25) is 0 Å². The fourth-order valence-corrected chi connectivity index (χ4v) is 3.60. The lowest BCUT2D eigenvalue weighted by Crippen LogP contribution is -2.38. The Balaban J connectivity index is 1.51. The molecule has 0 atom stereocenters. The lowest BCUT2D eigenvalue weighted by Gasteiger charge is -2.33. The van der Waals surface area contributed by atoms with Crippen molar-refractivity contribution in [1.82, 2.24) is 4.90 Å². The van der Waals surface area contributed by atoms with Crippen LogP contribution >= 0.6 is 0 Å². The van der Waals surface area contributed by atoms with Gasteiger partial charge in [-0.1, -0.05) is 36.4 Å². The van der Waals surface area contributed by atoms with Gasteiger partial charge in [-0.05, 0) is 36.6 Å². The van der Waals surface area contributed by atoms with Crippen molar-refractivity contribution < 1.29 is 8.42 Å². The zero-order valence-electron chi connectivity index (χ0n) is 14.1. The first kappa shape index (κ1) is 17.7. The van der Waals surface area contributed by atoms with Crippen LogP contribution in [0.2, 0.25) is 0 Å². The summed E-state index contributed by atoms with van der Waals surface area (Å²) in [6.45, 7) is 3.07. The predicted molar refractivity (Wildman–Crippen MR) is 102 cm³/mol. The van der Waals surface area contributed by atoms with E-state index >= 15 is 0 Å². The van der Waals surface area contributed by atoms with Crippen LogP contribution in [0.25, 0.3) is 0 Å². The van der Waals surface area contributed by atoms with E-state index in [4.69, 9.17) is 5.14 Å². The maximum atomic E-state index is 11.1. The number of anilines is 2. The van der Waals surface area contributed by atoms with Gasteiger partial charge >= 0.3 is 0 Å². The first-order valence-corrected chi connectivity index (χ1v) is 9.96. The molecule has 2 aromatic rings. The highest BCUT2D eigenvalue weighted by Gasteiger charge is 2.19. The van der Waals surface area contributed by atoms with E-state index in [2.05, 4.69) is 39.2 Å². The molecule has 0 aliphatic carbocycles. The van der Waals surface area contributed by atoms with E-state index in [9.17, 15) is 8.42 Å². The van der Waals surface area contributed by atoms with Gasteiger partial charge in [-0.25, -0.2) is 5.14 Å². The summed E-state index contributed by atoms with van der Waals surface area (Å²) in [6.07, 6.45) is 2.11. The van der Waals surface area contributed by atoms with Gasteiger partial charge in [-0.15, -0.1) is 0 Å². The molecule has 6 nitrogen and oxygen atoms in total. The Hall–Kier alpha value is -2.09. The second kappa shape index (κ2) is 7.86. The summed E-state index contributed by atoms with van der Waals surface area (Å²) in [5, 5.41) is 8.50. The predicted octanol–water partition coefficient (Wildman–Crippen LogP) is 2.38. The van der Waals surface area contributed by atoms with Crippen molar-refractivity contribution in [3.63, 3.8) is 0 Å². The molecule has 7 heteroatoms. The summed E-state index contributed by atoms with van der Waals surface area (Å²) < 4.78 is 24.6.